The highest BCUT2D eigenvalue weighted by Gasteiger charge is 2.53. The van der Waals surface area contributed by atoms with E-state index in [1.165, 1.54) is 50.3 Å². The third-order valence-electron chi connectivity index (χ3n) is 7.66. The fourth-order valence-corrected chi connectivity index (χ4v) is 6.33. The normalized spacial score (nSPS) is 31.1. The first-order valence-electron chi connectivity index (χ1n) is 11.6. The lowest BCUT2D eigenvalue weighted by Gasteiger charge is -2.36. The maximum absolute atomic E-state index is 10.3. The second-order valence-electron chi connectivity index (χ2n) is 9.58. The van der Waals surface area contributed by atoms with Crippen LogP contribution in [0.5, 0.6) is 11.5 Å². The molecule has 1 fully saturated rings. The summed E-state index contributed by atoms with van der Waals surface area (Å²) in [5, 5.41) is 10.3. The van der Waals surface area contributed by atoms with Gasteiger partial charge in [0.05, 0.1) is 18.6 Å². The Balaban J connectivity index is 1.37. The Morgan fingerprint density at radius 2 is 1.97 bits per heavy atom. The summed E-state index contributed by atoms with van der Waals surface area (Å²) < 4.78 is 13.2. The van der Waals surface area contributed by atoms with E-state index in [0.29, 0.717) is 6.42 Å². The molecule has 4 aliphatic rings. The third kappa shape index (κ3) is 3.93. The Bertz CT molecular complexity index is 855. The lowest BCUT2D eigenvalue weighted by Crippen LogP contribution is -2.45. The van der Waals surface area contributed by atoms with Gasteiger partial charge in [-0.15, -0.1) is 0 Å². The first kappa shape index (κ1) is 21.7. The highest BCUT2D eigenvalue weighted by atomic mass is 79.9. The van der Waals surface area contributed by atoms with Crippen LogP contribution in [0.1, 0.15) is 30.4 Å². The fraction of sp³-hybridized carbons (Fsp3) is 0.667. The molecule has 0 bridgehead atoms. The van der Waals surface area contributed by atoms with Crippen LogP contribution in [0.3, 0.4) is 0 Å². The molecule has 7 heteroatoms. The van der Waals surface area contributed by atoms with Gasteiger partial charge in [-0.2, -0.15) is 0 Å². The van der Waals surface area contributed by atoms with E-state index in [1.54, 1.807) is 7.11 Å². The summed E-state index contributed by atoms with van der Waals surface area (Å²) in [5.41, 5.74) is 2.41. The zero-order valence-electron chi connectivity index (χ0n) is 18.6. The Morgan fingerprint density at radius 1 is 1.19 bits per heavy atom. The van der Waals surface area contributed by atoms with E-state index in [4.69, 9.17) is 9.47 Å². The maximum Gasteiger partial charge on any atom is 0.166 e. The highest BCUT2D eigenvalue weighted by Crippen LogP contribution is 2.57. The maximum atomic E-state index is 10.3. The van der Waals surface area contributed by atoms with Gasteiger partial charge >= 0.3 is 0 Å². The molecule has 6 nitrogen and oxygen atoms in total. The summed E-state index contributed by atoms with van der Waals surface area (Å²) in [4.78, 5) is 7.62. The molecule has 1 spiro atoms. The monoisotopic (exact) mass is 491 g/mol. The lowest BCUT2D eigenvalue weighted by atomic mass is 9.69. The average molecular weight is 492 g/mol. The van der Waals surface area contributed by atoms with Gasteiger partial charge in [0, 0.05) is 49.2 Å². The van der Waals surface area contributed by atoms with Gasteiger partial charge < -0.3 is 24.4 Å². The van der Waals surface area contributed by atoms with Crippen LogP contribution in [0.25, 0.3) is 0 Å². The van der Waals surface area contributed by atoms with E-state index >= 15 is 0 Å². The minimum Gasteiger partial charge on any atom is -0.493 e. The predicted molar refractivity (Wildman–Crippen MR) is 125 cm³/mol. The van der Waals surface area contributed by atoms with Crippen molar-refractivity contribution in [3.05, 3.63) is 33.8 Å². The Kier molecular flexibility index (Phi) is 6.07. The van der Waals surface area contributed by atoms with Gasteiger partial charge in [0.2, 0.25) is 0 Å². The zero-order valence-corrected chi connectivity index (χ0v) is 20.2. The molecular formula is C24H34BrN3O3. The quantitative estimate of drug-likeness (QED) is 0.638. The van der Waals surface area contributed by atoms with Gasteiger partial charge in [-0.1, -0.05) is 28.1 Å². The van der Waals surface area contributed by atoms with Crippen LogP contribution in [0.15, 0.2) is 22.7 Å². The summed E-state index contributed by atoms with van der Waals surface area (Å²) >= 11 is 3.84. The topological polar surface area (TPSA) is 48.4 Å². The molecule has 1 N–H and O–H groups in total. The van der Waals surface area contributed by atoms with E-state index in [9.17, 15) is 5.11 Å². The van der Waals surface area contributed by atoms with Crippen molar-refractivity contribution in [2.45, 2.75) is 43.4 Å². The van der Waals surface area contributed by atoms with Gasteiger partial charge in [-0.3, -0.25) is 4.90 Å². The number of piperazine rings is 1. The largest absolute Gasteiger partial charge is 0.493 e. The van der Waals surface area contributed by atoms with Crippen molar-refractivity contribution >= 4 is 15.9 Å². The van der Waals surface area contributed by atoms with E-state index in [1.807, 2.05) is 12.1 Å². The number of ether oxygens (including phenoxy) is 2. The first-order valence-corrected chi connectivity index (χ1v) is 12.4. The highest BCUT2D eigenvalue weighted by molar-refractivity contribution is 9.10. The summed E-state index contributed by atoms with van der Waals surface area (Å²) in [6, 6.07) is 2.05. The summed E-state index contributed by atoms with van der Waals surface area (Å²) in [7, 11) is 3.91. The van der Waals surface area contributed by atoms with Crippen LogP contribution in [0.2, 0.25) is 0 Å². The number of likely N-dealkylation sites (N-methyl/N-ethyl adjacent to an activating group) is 1. The van der Waals surface area contributed by atoms with Gasteiger partial charge in [0.15, 0.2) is 11.5 Å². The predicted octanol–water partition coefficient (Wildman–Crippen LogP) is 2.62. The number of halogens is 1. The van der Waals surface area contributed by atoms with Crippen LogP contribution >= 0.6 is 15.9 Å². The van der Waals surface area contributed by atoms with E-state index in [2.05, 4.69) is 43.8 Å². The molecule has 1 saturated heterocycles. The van der Waals surface area contributed by atoms with Gasteiger partial charge in [0.1, 0.15) is 6.10 Å². The van der Waals surface area contributed by atoms with Crippen LogP contribution in [0, 0.1) is 0 Å². The lowest BCUT2D eigenvalue weighted by molar-refractivity contribution is 0.0805. The summed E-state index contributed by atoms with van der Waals surface area (Å²) in [5.74, 6) is 1.66. The molecular weight excluding hydrogens is 458 g/mol. The van der Waals surface area contributed by atoms with Crippen LogP contribution < -0.4 is 9.47 Å². The van der Waals surface area contributed by atoms with E-state index in [0.717, 1.165) is 42.0 Å². The number of hydrogen-bond donors (Lipinski definition) is 1. The van der Waals surface area contributed by atoms with Gasteiger partial charge in [0.25, 0.3) is 0 Å². The van der Waals surface area contributed by atoms with Crippen molar-refractivity contribution in [1.82, 2.24) is 14.7 Å². The minimum absolute atomic E-state index is 0.0326. The molecule has 5 rings (SSSR count). The van der Waals surface area contributed by atoms with Crippen molar-refractivity contribution in [2.24, 2.45) is 0 Å². The average Bonchev–Trinajstić information content (AvgIpc) is 2.99. The number of methoxy groups -OCH3 is 1. The van der Waals surface area contributed by atoms with Crippen LogP contribution in [-0.2, 0) is 12.0 Å². The molecule has 1 aromatic rings. The van der Waals surface area contributed by atoms with Crippen molar-refractivity contribution in [3.8, 4) is 11.5 Å². The number of aliphatic hydroxyl groups excluding tert-OH is 1. The van der Waals surface area contributed by atoms with Crippen LogP contribution in [-0.4, -0.2) is 92.0 Å². The number of benzene rings is 1. The molecule has 0 radical (unpaired) electrons. The molecule has 3 aliphatic heterocycles. The fourth-order valence-electron chi connectivity index (χ4n) is 5.80. The number of nitrogens with zero attached hydrogens (tertiary/aromatic N) is 3. The number of aliphatic hydroxyl groups is 1. The summed E-state index contributed by atoms with van der Waals surface area (Å²) in [6.45, 7) is 8.96. The third-order valence-corrected chi connectivity index (χ3v) is 8.37. The smallest absolute Gasteiger partial charge is 0.166 e. The molecule has 170 valence electrons. The van der Waals surface area contributed by atoms with Crippen LogP contribution in [0.4, 0.5) is 0 Å². The Hall–Kier alpha value is -1.12. The molecule has 0 aromatic heterocycles. The first-order chi connectivity index (χ1) is 15.0. The van der Waals surface area contributed by atoms with Crippen molar-refractivity contribution in [2.75, 3.05) is 60.0 Å². The second kappa shape index (κ2) is 8.67. The SMILES string of the molecule is COc1cc(Br)c2c3c1O[C@@H]1C[C@H](O)C=C[C@]31CCN(CCCN1CCN(C)CC1)C2. The van der Waals surface area contributed by atoms with Crippen molar-refractivity contribution in [1.29, 1.82) is 0 Å². The van der Waals surface area contributed by atoms with Crippen molar-refractivity contribution in [3.63, 3.8) is 0 Å². The number of hydrogen-bond acceptors (Lipinski definition) is 6. The second-order valence-corrected chi connectivity index (χ2v) is 10.4. The van der Waals surface area contributed by atoms with E-state index < -0.39 is 6.10 Å². The van der Waals surface area contributed by atoms with Gasteiger partial charge in [-0.25, -0.2) is 0 Å². The molecule has 0 saturated carbocycles. The van der Waals surface area contributed by atoms with Gasteiger partial charge in [-0.05, 0) is 51.2 Å². The Labute approximate surface area is 193 Å². The molecule has 0 amide bonds. The molecule has 0 unspecified atom stereocenters. The molecule has 3 atom stereocenters. The summed E-state index contributed by atoms with van der Waals surface area (Å²) in [6.07, 6.45) is 6.56. The molecule has 1 aliphatic carbocycles. The molecule has 3 heterocycles. The number of rotatable bonds is 5. The zero-order chi connectivity index (χ0) is 21.6. The molecule has 1 aromatic carbocycles. The molecule has 31 heavy (non-hydrogen) atoms. The standard InChI is InChI=1S/C24H34BrN3O3/c1-26-10-12-27(13-11-26)7-3-8-28-9-6-24-5-4-17(29)14-21(24)31-23-20(30-2)15-19(25)18(16-28)22(23)24/h4-5,15,17,21,29H,3,6-14,16H2,1-2H3/t17-,21-,24-/m1/s1. The van der Waals surface area contributed by atoms with Crippen molar-refractivity contribution < 1.29 is 14.6 Å². The van der Waals surface area contributed by atoms with E-state index in [-0.39, 0.29) is 11.5 Å². The minimum atomic E-state index is -0.439. The Morgan fingerprint density at radius 3 is 2.74 bits per heavy atom.